The Bertz CT molecular complexity index is 800. The van der Waals surface area contributed by atoms with Crippen LogP contribution in [-0.2, 0) is 9.59 Å². The van der Waals surface area contributed by atoms with Crippen molar-refractivity contribution in [3.8, 4) is 0 Å². The van der Waals surface area contributed by atoms with E-state index in [4.69, 9.17) is 11.6 Å². The Morgan fingerprint density at radius 1 is 1.17 bits per heavy atom. The second kappa shape index (κ2) is 5.27. The monoisotopic (exact) mass is 332 g/mol. The number of nitrogens with one attached hydrogen (secondary N) is 1. The summed E-state index contributed by atoms with van der Waals surface area (Å²) in [4.78, 5) is 29.4. The number of ketones is 1. The standard InChI is InChI=1S/C17H14ClFN2O2/c18-9-7-8(1-2-10(9)19)14-15-11(3-4-13(15)22)21-12-5-6-20-17(23)16(12)14/h1-2,7,14-15H,3-6H2,(H,20,23). The number of nitrogens with zero attached hydrogens (tertiary/aromatic N) is 1. The number of halogens is 2. The van der Waals surface area contributed by atoms with Gasteiger partial charge in [0.1, 0.15) is 11.6 Å². The van der Waals surface area contributed by atoms with Crippen molar-refractivity contribution in [1.82, 2.24) is 5.32 Å². The highest BCUT2D eigenvalue weighted by Crippen LogP contribution is 2.45. The number of hydrogen-bond donors (Lipinski definition) is 1. The molecule has 3 aliphatic rings. The lowest BCUT2D eigenvalue weighted by Crippen LogP contribution is -2.40. The molecule has 1 N–H and O–H groups in total. The molecule has 0 aromatic heterocycles. The first kappa shape index (κ1) is 14.6. The SMILES string of the molecule is O=C1NCCC2=C1C(c1ccc(F)c(Cl)c1)C1C(=O)CCC1=N2. The molecule has 4 nitrogen and oxygen atoms in total. The maximum Gasteiger partial charge on any atom is 0.249 e. The van der Waals surface area contributed by atoms with Gasteiger partial charge >= 0.3 is 0 Å². The van der Waals surface area contributed by atoms with Gasteiger partial charge in [0, 0.05) is 36.6 Å². The number of hydrogen-bond acceptors (Lipinski definition) is 3. The molecule has 2 atom stereocenters. The van der Waals surface area contributed by atoms with E-state index in [1.54, 1.807) is 6.07 Å². The second-order valence-corrected chi connectivity index (χ2v) is 6.47. The Labute approximate surface area is 137 Å². The number of fused-ring (bicyclic) bond motifs is 1. The molecule has 0 spiro atoms. The second-order valence-electron chi connectivity index (χ2n) is 6.06. The minimum absolute atomic E-state index is 0.00428. The lowest BCUT2D eigenvalue weighted by atomic mass is 9.74. The fraction of sp³-hybridized carbons (Fsp3) is 0.353. The maximum atomic E-state index is 13.5. The van der Waals surface area contributed by atoms with Gasteiger partial charge in [-0.3, -0.25) is 14.6 Å². The molecule has 1 aliphatic carbocycles. The van der Waals surface area contributed by atoms with Gasteiger partial charge in [-0.25, -0.2) is 4.39 Å². The Balaban J connectivity index is 1.91. The van der Waals surface area contributed by atoms with Crippen molar-refractivity contribution in [2.75, 3.05) is 6.54 Å². The fourth-order valence-electron chi connectivity index (χ4n) is 3.75. The van der Waals surface area contributed by atoms with Gasteiger partial charge in [0.05, 0.1) is 16.6 Å². The number of amides is 1. The van der Waals surface area contributed by atoms with Gasteiger partial charge in [-0.1, -0.05) is 17.7 Å². The van der Waals surface area contributed by atoms with Crippen LogP contribution >= 0.6 is 11.6 Å². The number of carbonyl (C=O) groups excluding carboxylic acids is 2. The van der Waals surface area contributed by atoms with Crippen LogP contribution in [0.5, 0.6) is 0 Å². The van der Waals surface area contributed by atoms with Gasteiger partial charge < -0.3 is 5.32 Å². The summed E-state index contributed by atoms with van der Waals surface area (Å²) in [5, 5.41) is 2.81. The van der Waals surface area contributed by atoms with E-state index in [1.165, 1.54) is 12.1 Å². The van der Waals surface area contributed by atoms with Crippen molar-refractivity contribution in [2.24, 2.45) is 10.9 Å². The molecular weight excluding hydrogens is 319 g/mol. The van der Waals surface area contributed by atoms with Crippen LogP contribution in [0.2, 0.25) is 5.02 Å². The van der Waals surface area contributed by atoms with Gasteiger partial charge in [0.15, 0.2) is 0 Å². The van der Waals surface area contributed by atoms with Gasteiger partial charge in [0.2, 0.25) is 5.91 Å². The van der Waals surface area contributed by atoms with Crippen LogP contribution in [0.15, 0.2) is 34.5 Å². The molecule has 2 aliphatic heterocycles. The Morgan fingerprint density at radius 3 is 2.78 bits per heavy atom. The first-order chi connectivity index (χ1) is 11.1. The van der Waals surface area contributed by atoms with E-state index in [0.29, 0.717) is 36.9 Å². The molecule has 4 rings (SSSR count). The highest BCUT2D eigenvalue weighted by Gasteiger charge is 2.46. The lowest BCUT2D eigenvalue weighted by molar-refractivity contribution is -0.120. The summed E-state index contributed by atoms with van der Waals surface area (Å²) in [6, 6.07) is 4.40. The Hall–Kier alpha value is -2.01. The summed E-state index contributed by atoms with van der Waals surface area (Å²) in [6.07, 6.45) is 1.72. The largest absolute Gasteiger partial charge is 0.352 e. The third kappa shape index (κ3) is 2.22. The van der Waals surface area contributed by atoms with Crippen LogP contribution in [0.1, 0.15) is 30.7 Å². The van der Waals surface area contributed by atoms with Crippen molar-refractivity contribution in [3.63, 3.8) is 0 Å². The van der Waals surface area contributed by atoms with Crippen LogP contribution < -0.4 is 5.32 Å². The molecule has 0 saturated heterocycles. The molecule has 1 fully saturated rings. The normalized spacial score (nSPS) is 26.6. The van der Waals surface area contributed by atoms with E-state index in [1.807, 2.05) is 0 Å². The zero-order valence-electron chi connectivity index (χ0n) is 12.2. The van der Waals surface area contributed by atoms with Gasteiger partial charge in [0.25, 0.3) is 0 Å². The van der Waals surface area contributed by atoms with Crippen molar-refractivity contribution in [2.45, 2.75) is 25.2 Å². The zero-order chi connectivity index (χ0) is 16.1. The summed E-state index contributed by atoms with van der Waals surface area (Å²) >= 11 is 5.92. The molecule has 23 heavy (non-hydrogen) atoms. The molecule has 2 heterocycles. The minimum Gasteiger partial charge on any atom is -0.352 e. The number of carbonyl (C=O) groups is 2. The van der Waals surface area contributed by atoms with Gasteiger partial charge in [-0.2, -0.15) is 0 Å². The molecule has 1 saturated carbocycles. The third-order valence-corrected chi connectivity index (χ3v) is 5.05. The summed E-state index contributed by atoms with van der Waals surface area (Å²) in [5.41, 5.74) is 2.81. The maximum absolute atomic E-state index is 13.5. The van der Waals surface area contributed by atoms with Crippen molar-refractivity contribution in [1.29, 1.82) is 0 Å². The molecule has 0 bridgehead atoms. The topological polar surface area (TPSA) is 58.5 Å². The minimum atomic E-state index is -0.514. The highest BCUT2D eigenvalue weighted by molar-refractivity contribution is 6.30. The molecule has 2 unspecified atom stereocenters. The number of aliphatic imine (C=N–C) groups is 1. The van der Waals surface area contributed by atoms with E-state index >= 15 is 0 Å². The van der Waals surface area contributed by atoms with Gasteiger partial charge in [-0.15, -0.1) is 0 Å². The summed E-state index contributed by atoms with van der Waals surface area (Å²) in [7, 11) is 0. The van der Waals surface area contributed by atoms with Crippen molar-refractivity contribution < 1.29 is 14.0 Å². The van der Waals surface area contributed by atoms with Crippen molar-refractivity contribution >= 4 is 29.0 Å². The average molecular weight is 333 g/mol. The molecule has 118 valence electrons. The van der Waals surface area contributed by atoms with Crippen LogP contribution in [0.4, 0.5) is 4.39 Å². The fourth-order valence-corrected chi connectivity index (χ4v) is 3.94. The zero-order valence-corrected chi connectivity index (χ0v) is 13.0. The molecule has 0 radical (unpaired) electrons. The molecule has 6 heteroatoms. The number of Topliss-reactive ketones (excluding diaryl/α,β-unsaturated/α-hetero) is 1. The summed E-state index contributed by atoms with van der Waals surface area (Å²) in [6.45, 7) is 0.546. The predicted octanol–water partition coefficient (Wildman–Crippen LogP) is 2.77. The number of rotatable bonds is 1. The van der Waals surface area contributed by atoms with E-state index in [9.17, 15) is 14.0 Å². The first-order valence-corrected chi connectivity index (χ1v) is 8.00. The first-order valence-electron chi connectivity index (χ1n) is 7.62. The predicted molar refractivity (Wildman–Crippen MR) is 84.0 cm³/mol. The van der Waals surface area contributed by atoms with E-state index < -0.39 is 17.7 Å². The van der Waals surface area contributed by atoms with Crippen molar-refractivity contribution in [3.05, 3.63) is 45.9 Å². The van der Waals surface area contributed by atoms with Crippen LogP contribution in [0.25, 0.3) is 0 Å². The quantitative estimate of drug-likeness (QED) is 0.859. The average Bonchev–Trinajstić information content (AvgIpc) is 2.90. The molecule has 1 aromatic rings. The highest BCUT2D eigenvalue weighted by atomic mass is 35.5. The molecule has 1 amide bonds. The van der Waals surface area contributed by atoms with Crippen LogP contribution in [-0.4, -0.2) is 23.9 Å². The Morgan fingerprint density at radius 2 is 2.00 bits per heavy atom. The molecule has 1 aromatic carbocycles. The van der Waals surface area contributed by atoms with Crippen LogP contribution in [0.3, 0.4) is 0 Å². The molecular formula is C17H14ClFN2O2. The van der Waals surface area contributed by atoms with Crippen LogP contribution in [0, 0.1) is 11.7 Å². The number of benzene rings is 1. The summed E-state index contributed by atoms with van der Waals surface area (Å²) < 4.78 is 13.5. The van der Waals surface area contributed by atoms with E-state index in [2.05, 4.69) is 10.3 Å². The lowest BCUT2D eigenvalue weighted by Gasteiger charge is -2.33. The summed E-state index contributed by atoms with van der Waals surface area (Å²) in [5.74, 6) is -1.48. The third-order valence-electron chi connectivity index (χ3n) is 4.76. The van der Waals surface area contributed by atoms with E-state index in [0.717, 1.165) is 11.4 Å². The van der Waals surface area contributed by atoms with Gasteiger partial charge in [-0.05, 0) is 24.1 Å². The smallest absolute Gasteiger partial charge is 0.249 e. The Kier molecular flexibility index (Phi) is 3.34. The van der Waals surface area contributed by atoms with E-state index in [-0.39, 0.29) is 16.7 Å².